The predicted molar refractivity (Wildman–Crippen MR) is 303 cm³/mol. The molecule has 10 atom stereocenters. The normalized spacial score (nSPS) is 22.8. The summed E-state index contributed by atoms with van der Waals surface area (Å²) in [6.45, 7) is 16.7. The number of carbonyl (C=O) groups is 6. The molecule has 6 amide bonds. The van der Waals surface area contributed by atoms with Crippen molar-refractivity contribution < 1.29 is 28.8 Å². The number of benzene rings is 3. The molecule has 0 saturated carbocycles. The van der Waals surface area contributed by atoms with E-state index in [1.54, 1.807) is 37.7 Å². The van der Waals surface area contributed by atoms with E-state index in [-0.39, 0.29) is 84.4 Å². The molecule has 0 unspecified atom stereocenters. The molecule has 418 valence electrons. The second kappa shape index (κ2) is 27.0. The number of likely N-dealkylation sites (tertiary alicyclic amines) is 2. The number of halogens is 2. The van der Waals surface area contributed by atoms with Crippen LogP contribution in [0.4, 0.5) is 0 Å². The van der Waals surface area contributed by atoms with Crippen molar-refractivity contribution in [3.63, 3.8) is 0 Å². The summed E-state index contributed by atoms with van der Waals surface area (Å²) in [5.74, 6) is -1.52. The summed E-state index contributed by atoms with van der Waals surface area (Å²) in [7, 11) is 3.40. The van der Waals surface area contributed by atoms with Gasteiger partial charge >= 0.3 is 0 Å². The summed E-state index contributed by atoms with van der Waals surface area (Å²) in [6.07, 6.45) is 6.33. The van der Waals surface area contributed by atoms with E-state index in [1.165, 1.54) is 11.1 Å². The zero-order valence-electron chi connectivity index (χ0n) is 46.3. The maximum absolute atomic E-state index is 14.6. The SMILES string of the molecule is CN[C@@H](C)C(=O)N[C@H](C(=O)N1C[C@@H](NCc2ccc(CN[C@H]3C[C@@H](C(=O)N[C@@H]4CCCc5ccccc54)N(C(=O)[C@@H](NC(=O)[C@H](C)NC)C(C)(C)C)C3)cc2)C[C@H]1C(=O)N[C@@H]1CCCc2ccccc21)C(C)(C)C.Cl.Cl. The molecule has 2 aliphatic carbocycles. The molecule has 3 aromatic rings. The number of hydrogen-bond acceptors (Lipinski definition) is 10. The Labute approximate surface area is 463 Å². The molecular weight excluding hydrogens is 1000 g/mol. The predicted octanol–water partition coefficient (Wildman–Crippen LogP) is 5.31. The van der Waals surface area contributed by atoms with Crippen LogP contribution in [0.5, 0.6) is 0 Å². The van der Waals surface area contributed by atoms with Crippen LogP contribution in [0.25, 0.3) is 0 Å². The van der Waals surface area contributed by atoms with Gasteiger partial charge in [0.25, 0.3) is 0 Å². The van der Waals surface area contributed by atoms with E-state index < -0.39 is 47.1 Å². The molecule has 3 aromatic carbocycles. The average Bonchev–Trinajstić information content (AvgIpc) is 4.03. The van der Waals surface area contributed by atoms with Crippen molar-refractivity contribution in [1.29, 1.82) is 0 Å². The van der Waals surface area contributed by atoms with Gasteiger partial charge < -0.3 is 52.3 Å². The van der Waals surface area contributed by atoms with Gasteiger partial charge in [0.1, 0.15) is 24.2 Å². The van der Waals surface area contributed by atoms with Crippen molar-refractivity contribution in [2.45, 2.75) is 180 Å². The summed E-state index contributed by atoms with van der Waals surface area (Å²) in [5, 5.41) is 25.8. The van der Waals surface area contributed by atoms with E-state index in [1.807, 2.05) is 65.8 Å². The van der Waals surface area contributed by atoms with E-state index in [4.69, 9.17) is 0 Å². The fraction of sp³-hybridized carbons (Fsp3) is 0.586. The molecule has 76 heavy (non-hydrogen) atoms. The average molecular weight is 1090 g/mol. The molecular formula is C58H86Cl2N10O6. The van der Waals surface area contributed by atoms with Crippen molar-refractivity contribution in [3.05, 3.63) is 106 Å². The van der Waals surface area contributed by atoms with Gasteiger partial charge in [-0.3, -0.25) is 28.8 Å². The van der Waals surface area contributed by atoms with Gasteiger partial charge in [0.2, 0.25) is 35.4 Å². The van der Waals surface area contributed by atoms with Crippen LogP contribution < -0.4 is 42.5 Å². The molecule has 0 bridgehead atoms. The highest BCUT2D eigenvalue weighted by Gasteiger charge is 2.47. The first-order valence-electron chi connectivity index (χ1n) is 27.0. The maximum Gasteiger partial charge on any atom is 0.246 e. The summed E-state index contributed by atoms with van der Waals surface area (Å²) in [5.41, 5.74) is 5.52. The molecule has 0 radical (unpaired) electrons. The molecule has 7 rings (SSSR count). The highest BCUT2D eigenvalue weighted by molar-refractivity contribution is 5.95. The topological polar surface area (TPSA) is 205 Å². The Kier molecular flexibility index (Phi) is 21.9. The standard InChI is InChI=1S/C58H84N10O6.2ClH/c1-35(59-9)51(69)65-49(57(3,4)5)55(73)67-33-41(29-47(67)53(71)63-45-23-15-19-39-17-11-13-21-43(39)45)61-31-37-25-27-38(28-26-37)32-62-42-30-48(54(72)64-46-24-16-20-40-18-12-14-22-44(40)46)68(34-42)56(74)50(58(6,7)8)66-52(70)36(2)60-10;;/h11-14,17-18,21-22,25-28,35-36,41-42,45-50,59-62H,15-16,19-20,23-24,29-34H2,1-10H3,(H,63,71)(H,64,72)(H,65,69)(H,66,70);2*1H/t35-,36-,41-,42-,45+,46+,47-,48-,49+,50+;;/m0../s1. The first-order valence-corrected chi connectivity index (χ1v) is 27.0. The Morgan fingerprint density at radius 1 is 0.553 bits per heavy atom. The second-order valence-electron chi connectivity index (χ2n) is 23.4. The van der Waals surface area contributed by atoms with Gasteiger partial charge in [-0.1, -0.05) is 114 Å². The summed E-state index contributed by atoms with van der Waals surface area (Å²) < 4.78 is 0. The molecule has 2 fully saturated rings. The Morgan fingerprint density at radius 2 is 0.908 bits per heavy atom. The largest absolute Gasteiger partial charge is 0.347 e. The van der Waals surface area contributed by atoms with Gasteiger partial charge in [0, 0.05) is 38.3 Å². The molecule has 2 heterocycles. The molecule has 16 nitrogen and oxygen atoms in total. The lowest BCUT2D eigenvalue weighted by atomic mass is 9.85. The van der Waals surface area contributed by atoms with Crippen LogP contribution >= 0.6 is 24.8 Å². The Bertz CT molecular complexity index is 2310. The Balaban J connectivity index is 0.00000533. The van der Waals surface area contributed by atoms with Crippen LogP contribution in [0.3, 0.4) is 0 Å². The number of nitrogens with one attached hydrogen (secondary N) is 8. The number of carbonyl (C=O) groups excluding carboxylic acids is 6. The van der Waals surface area contributed by atoms with Gasteiger partial charge in [-0.25, -0.2) is 0 Å². The second-order valence-corrected chi connectivity index (χ2v) is 23.4. The van der Waals surface area contributed by atoms with Gasteiger partial charge in [0.05, 0.1) is 24.2 Å². The monoisotopic (exact) mass is 1090 g/mol. The number of nitrogens with zero attached hydrogens (tertiary/aromatic N) is 2. The molecule has 2 saturated heterocycles. The van der Waals surface area contributed by atoms with Crippen LogP contribution in [0.2, 0.25) is 0 Å². The number of aryl methyl sites for hydroxylation is 2. The fourth-order valence-electron chi connectivity index (χ4n) is 11.0. The quantitative estimate of drug-likeness (QED) is 0.0825. The van der Waals surface area contributed by atoms with E-state index in [2.05, 4.69) is 91.1 Å². The van der Waals surface area contributed by atoms with Crippen LogP contribution in [0.15, 0.2) is 72.8 Å². The Morgan fingerprint density at radius 3 is 1.25 bits per heavy atom. The lowest BCUT2D eigenvalue weighted by molar-refractivity contribution is -0.144. The first-order chi connectivity index (χ1) is 35.2. The van der Waals surface area contributed by atoms with Crippen molar-refractivity contribution in [3.8, 4) is 0 Å². The summed E-state index contributed by atoms with van der Waals surface area (Å²) in [4.78, 5) is 87.8. The van der Waals surface area contributed by atoms with Crippen molar-refractivity contribution in [1.82, 2.24) is 52.3 Å². The summed E-state index contributed by atoms with van der Waals surface area (Å²) >= 11 is 0. The number of likely N-dealkylation sites (N-methyl/N-ethyl adjacent to an activating group) is 2. The minimum atomic E-state index is -0.854. The molecule has 0 aromatic heterocycles. The molecule has 2 aliphatic heterocycles. The lowest BCUT2D eigenvalue weighted by Crippen LogP contribution is -2.59. The van der Waals surface area contributed by atoms with Crippen molar-refractivity contribution in [2.75, 3.05) is 27.2 Å². The van der Waals surface area contributed by atoms with Crippen molar-refractivity contribution >= 4 is 60.3 Å². The van der Waals surface area contributed by atoms with Gasteiger partial charge in [-0.05, 0) is 124 Å². The highest BCUT2D eigenvalue weighted by atomic mass is 35.5. The van der Waals surface area contributed by atoms with Crippen molar-refractivity contribution in [2.24, 2.45) is 10.8 Å². The van der Waals surface area contributed by atoms with Crippen LogP contribution in [-0.2, 0) is 54.7 Å². The van der Waals surface area contributed by atoms with E-state index in [0.717, 1.165) is 60.8 Å². The van der Waals surface area contributed by atoms with E-state index >= 15 is 0 Å². The fourth-order valence-corrected chi connectivity index (χ4v) is 11.0. The maximum atomic E-state index is 14.6. The van der Waals surface area contributed by atoms with Crippen LogP contribution in [0.1, 0.15) is 139 Å². The van der Waals surface area contributed by atoms with E-state index in [9.17, 15) is 28.8 Å². The minimum absolute atomic E-state index is 0. The molecule has 4 aliphatic rings. The zero-order valence-corrected chi connectivity index (χ0v) is 48.0. The molecule has 8 N–H and O–H groups in total. The Hall–Kier alpha value is -5.10. The first kappa shape index (κ1) is 61.7. The minimum Gasteiger partial charge on any atom is -0.347 e. The lowest BCUT2D eigenvalue weighted by Gasteiger charge is -2.36. The highest BCUT2D eigenvalue weighted by Crippen LogP contribution is 2.34. The molecule has 0 spiro atoms. The third kappa shape index (κ3) is 15.1. The third-order valence-electron chi connectivity index (χ3n) is 15.8. The smallest absolute Gasteiger partial charge is 0.246 e. The number of rotatable bonds is 18. The number of amides is 6. The van der Waals surface area contributed by atoms with Crippen LogP contribution in [0, 0.1) is 10.8 Å². The molecule has 18 heteroatoms. The summed E-state index contributed by atoms with van der Waals surface area (Å²) in [6, 6.07) is 19.8. The third-order valence-corrected chi connectivity index (χ3v) is 15.8. The number of fused-ring (bicyclic) bond motifs is 2. The zero-order chi connectivity index (χ0) is 53.5. The van der Waals surface area contributed by atoms with E-state index in [0.29, 0.717) is 39.0 Å². The van der Waals surface area contributed by atoms with Gasteiger partial charge in [0.15, 0.2) is 0 Å². The number of hydrogen-bond donors (Lipinski definition) is 8. The van der Waals surface area contributed by atoms with Crippen LogP contribution in [-0.4, -0.2) is 121 Å². The van der Waals surface area contributed by atoms with Gasteiger partial charge in [-0.15, -0.1) is 24.8 Å². The van der Waals surface area contributed by atoms with Gasteiger partial charge in [-0.2, -0.15) is 0 Å².